The Hall–Kier alpha value is -2.16. The molecular weight excluding hydrogens is 210 g/mol. The number of hydrogen-bond donors (Lipinski definition) is 0. The highest BCUT2D eigenvalue weighted by Gasteiger charge is 2.08. The number of aryl methyl sites for hydroxylation is 2. The van der Waals surface area contributed by atoms with Crippen LogP contribution in [0.5, 0.6) is 0 Å². The van der Waals surface area contributed by atoms with Gasteiger partial charge in [0.05, 0.1) is 5.69 Å². The normalized spacial score (nSPS) is 10.2. The molecule has 86 valence electrons. The highest BCUT2D eigenvalue weighted by Crippen LogP contribution is 2.21. The third-order valence-corrected chi connectivity index (χ3v) is 2.62. The fourth-order valence-electron chi connectivity index (χ4n) is 1.76. The number of hydrogen-bond acceptors (Lipinski definition) is 2. The van der Waals surface area contributed by atoms with Gasteiger partial charge in [0, 0.05) is 30.7 Å². The van der Waals surface area contributed by atoms with Crippen molar-refractivity contribution in [2.45, 2.75) is 6.92 Å². The van der Waals surface area contributed by atoms with Crippen LogP contribution in [0.4, 0.5) is 0 Å². The summed E-state index contributed by atoms with van der Waals surface area (Å²) in [6, 6.07) is 3.97. The van der Waals surface area contributed by atoms with Crippen LogP contribution in [0.15, 0.2) is 37.7 Å². The van der Waals surface area contributed by atoms with Crippen molar-refractivity contribution >= 4 is 11.6 Å². The first-order valence-corrected chi connectivity index (χ1v) is 5.40. The summed E-state index contributed by atoms with van der Waals surface area (Å²) in [4.78, 5) is 8.65. The summed E-state index contributed by atoms with van der Waals surface area (Å²) in [7, 11) is 1.95. The predicted molar refractivity (Wildman–Crippen MR) is 70.4 cm³/mol. The lowest BCUT2D eigenvalue weighted by atomic mass is 10.1. The van der Waals surface area contributed by atoms with Gasteiger partial charge in [0.25, 0.3) is 0 Å². The minimum absolute atomic E-state index is 0.857. The Morgan fingerprint density at radius 2 is 2.18 bits per heavy atom. The molecule has 2 aromatic heterocycles. The van der Waals surface area contributed by atoms with Crippen LogP contribution in [0, 0.1) is 6.92 Å². The summed E-state index contributed by atoms with van der Waals surface area (Å²) in [6.07, 6.45) is 5.41. The van der Waals surface area contributed by atoms with Crippen molar-refractivity contribution in [2.24, 2.45) is 7.05 Å². The van der Waals surface area contributed by atoms with Crippen molar-refractivity contribution in [1.29, 1.82) is 0 Å². The van der Waals surface area contributed by atoms with Gasteiger partial charge in [-0.25, -0.2) is 4.98 Å². The Labute approximate surface area is 101 Å². The Bertz CT molecular complexity index is 579. The molecule has 0 saturated heterocycles. The third kappa shape index (κ3) is 2.18. The van der Waals surface area contributed by atoms with Crippen LogP contribution < -0.4 is 0 Å². The van der Waals surface area contributed by atoms with Crippen LogP contribution in [0.2, 0.25) is 0 Å². The van der Waals surface area contributed by atoms with Crippen molar-refractivity contribution in [3.63, 3.8) is 0 Å². The van der Waals surface area contributed by atoms with Gasteiger partial charge in [-0.15, -0.1) is 0 Å². The summed E-state index contributed by atoms with van der Waals surface area (Å²) in [5.41, 5.74) is 3.73. The van der Waals surface area contributed by atoms with E-state index in [9.17, 15) is 0 Å². The molecule has 0 atom stereocenters. The maximum Gasteiger partial charge on any atom is 0.139 e. The van der Waals surface area contributed by atoms with Gasteiger partial charge in [-0.2, -0.15) is 0 Å². The summed E-state index contributed by atoms with van der Waals surface area (Å²) in [5, 5.41) is 0. The van der Waals surface area contributed by atoms with Crippen LogP contribution in [-0.4, -0.2) is 14.5 Å². The quantitative estimate of drug-likeness (QED) is 0.804. The molecule has 0 N–H and O–H groups in total. The van der Waals surface area contributed by atoms with Gasteiger partial charge >= 0.3 is 0 Å². The van der Waals surface area contributed by atoms with Crippen molar-refractivity contribution in [3.8, 4) is 0 Å². The first-order chi connectivity index (χ1) is 8.11. The van der Waals surface area contributed by atoms with E-state index in [0.29, 0.717) is 0 Å². The average molecular weight is 225 g/mol. The Morgan fingerprint density at radius 1 is 1.41 bits per heavy atom. The summed E-state index contributed by atoms with van der Waals surface area (Å²) < 4.78 is 1.95. The molecule has 0 fully saturated rings. The maximum absolute atomic E-state index is 4.35. The number of pyridine rings is 1. The highest BCUT2D eigenvalue weighted by atomic mass is 15.0. The van der Waals surface area contributed by atoms with Gasteiger partial charge in [0.15, 0.2) is 0 Å². The molecule has 3 heteroatoms. The smallest absolute Gasteiger partial charge is 0.139 e. The van der Waals surface area contributed by atoms with Crippen molar-refractivity contribution < 1.29 is 0 Å². The van der Waals surface area contributed by atoms with E-state index in [4.69, 9.17) is 0 Å². The Morgan fingerprint density at radius 3 is 2.76 bits per heavy atom. The topological polar surface area (TPSA) is 30.7 Å². The molecule has 0 aromatic carbocycles. The molecule has 2 aromatic rings. The van der Waals surface area contributed by atoms with Crippen LogP contribution in [0.1, 0.15) is 22.8 Å². The minimum atomic E-state index is 0.857. The number of aromatic nitrogens is 3. The van der Waals surface area contributed by atoms with Crippen LogP contribution >= 0.6 is 0 Å². The standard InChI is InChI=1S/C14H15N3/c1-5-13-9-12(8-10(2)16-13)11(3)14-15-6-7-17(14)4/h5-9H,1,3H2,2,4H3. The SMILES string of the molecule is C=Cc1cc(C(=C)c2nccn2C)cc(C)n1. The zero-order valence-electron chi connectivity index (χ0n) is 10.1. The molecule has 0 spiro atoms. The number of rotatable bonds is 3. The molecule has 2 heterocycles. The van der Waals surface area contributed by atoms with E-state index in [2.05, 4.69) is 23.1 Å². The first-order valence-electron chi connectivity index (χ1n) is 5.40. The lowest BCUT2D eigenvalue weighted by Gasteiger charge is -2.08. The minimum Gasteiger partial charge on any atom is -0.334 e. The second-order valence-corrected chi connectivity index (χ2v) is 3.97. The van der Waals surface area contributed by atoms with E-state index in [1.165, 1.54) is 0 Å². The van der Waals surface area contributed by atoms with Crippen molar-refractivity contribution in [1.82, 2.24) is 14.5 Å². The molecule has 0 aliphatic carbocycles. The summed E-state index contributed by atoms with van der Waals surface area (Å²) in [5.74, 6) is 0.866. The van der Waals surface area contributed by atoms with Gasteiger partial charge < -0.3 is 4.57 Å². The monoisotopic (exact) mass is 225 g/mol. The Kier molecular flexibility index (Phi) is 2.91. The molecule has 0 aliphatic heterocycles. The van der Waals surface area contributed by atoms with E-state index in [1.807, 2.05) is 36.9 Å². The molecule has 0 aliphatic rings. The second kappa shape index (κ2) is 4.37. The largest absolute Gasteiger partial charge is 0.334 e. The van der Waals surface area contributed by atoms with Crippen molar-refractivity contribution in [3.05, 3.63) is 60.5 Å². The van der Waals surface area contributed by atoms with E-state index >= 15 is 0 Å². The molecule has 0 amide bonds. The Balaban J connectivity index is 2.47. The van der Waals surface area contributed by atoms with E-state index in [-0.39, 0.29) is 0 Å². The van der Waals surface area contributed by atoms with Crippen molar-refractivity contribution in [2.75, 3.05) is 0 Å². The fraction of sp³-hybridized carbons (Fsp3) is 0.143. The van der Waals surface area contributed by atoms with Gasteiger partial charge in [-0.05, 0) is 30.7 Å². The molecule has 3 nitrogen and oxygen atoms in total. The molecule has 0 unspecified atom stereocenters. The zero-order valence-corrected chi connectivity index (χ0v) is 10.1. The van der Waals surface area contributed by atoms with Crippen LogP contribution in [-0.2, 0) is 7.05 Å². The molecule has 2 rings (SSSR count). The predicted octanol–water partition coefficient (Wildman–Crippen LogP) is 2.83. The van der Waals surface area contributed by atoms with Crippen LogP contribution in [0.25, 0.3) is 11.6 Å². The van der Waals surface area contributed by atoms with Crippen LogP contribution in [0.3, 0.4) is 0 Å². The summed E-state index contributed by atoms with van der Waals surface area (Å²) >= 11 is 0. The van der Waals surface area contributed by atoms with E-state index in [0.717, 1.165) is 28.3 Å². The van der Waals surface area contributed by atoms with Gasteiger partial charge in [0.1, 0.15) is 5.82 Å². The zero-order chi connectivity index (χ0) is 12.4. The number of imidazole rings is 1. The molecule has 17 heavy (non-hydrogen) atoms. The fourth-order valence-corrected chi connectivity index (χ4v) is 1.76. The third-order valence-electron chi connectivity index (χ3n) is 2.62. The van der Waals surface area contributed by atoms with Gasteiger partial charge in [-0.3, -0.25) is 4.98 Å². The van der Waals surface area contributed by atoms with E-state index < -0.39 is 0 Å². The number of nitrogens with zero attached hydrogens (tertiary/aromatic N) is 3. The van der Waals surface area contributed by atoms with Gasteiger partial charge in [0.2, 0.25) is 0 Å². The lowest BCUT2D eigenvalue weighted by Crippen LogP contribution is -1.98. The lowest BCUT2D eigenvalue weighted by molar-refractivity contribution is 0.891. The summed E-state index contributed by atoms with van der Waals surface area (Å²) in [6.45, 7) is 9.80. The molecular formula is C14H15N3. The first kappa shape index (κ1) is 11.3. The average Bonchev–Trinajstić information content (AvgIpc) is 2.73. The van der Waals surface area contributed by atoms with Gasteiger partial charge in [-0.1, -0.05) is 13.2 Å². The second-order valence-electron chi connectivity index (χ2n) is 3.97. The molecule has 0 radical (unpaired) electrons. The highest BCUT2D eigenvalue weighted by molar-refractivity contribution is 5.75. The van der Waals surface area contributed by atoms with E-state index in [1.54, 1.807) is 12.3 Å². The molecule has 0 bridgehead atoms. The maximum atomic E-state index is 4.35. The molecule has 0 saturated carbocycles.